The second kappa shape index (κ2) is 3.06. The number of aliphatic hydroxyl groups excluding tert-OH is 1. The highest BCUT2D eigenvalue weighted by Gasteiger charge is 2.63. The van der Waals surface area contributed by atoms with Crippen LogP contribution in [0.1, 0.15) is 18.4 Å². The van der Waals surface area contributed by atoms with Crippen LogP contribution in [0.25, 0.3) is 0 Å². The summed E-state index contributed by atoms with van der Waals surface area (Å²) in [7, 11) is 0. The molecule has 1 N–H and O–H groups in total. The Hall–Kier alpha value is -0.860. The lowest BCUT2D eigenvalue weighted by atomic mass is 9.66. The summed E-state index contributed by atoms with van der Waals surface area (Å²) in [5, 5.41) is 9.56. The maximum Gasteiger partial charge on any atom is 0.0591 e. The van der Waals surface area contributed by atoms with Gasteiger partial charge in [-0.05, 0) is 18.4 Å². The van der Waals surface area contributed by atoms with Gasteiger partial charge < -0.3 is 9.84 Å². The summed E-state index contributed by atoms with van der Waals surface area (Å²) in [5.41, 5.74) is 1.55. The lowest BCUT2D eigenvalue weighted by molar-refractivity contribution is -0.110. The minimum atomic E-state index is 0.100. The van der Waals surface area contributed by atoms with E-state index in [1.807, 2.05) is 6.07 Å². The zero-order valence-electron chi connectivity index (χ0n) is 8.78. The first kappa shape index (κ1) is 9.37. The van der Waals surface area contributed by atoms with Crippen molar-refractivity contribution in [2.75, 3.05) is 19.8 Å². The fourth-order valence-corrected chi connectivity index (χ4v) is 2.78. The molecule has 1 aromatic carbocycles. The van der Waals surface area contributed by atoms with E-state index in [0.29, 0.717) is 6.61 Å². The quantitative estimate of drug-likeness (QED) is 0.812. The highest BCUT2D eigenvalue weighted by molar-refractivity contribution is 5.34. The van der Waals surface area contributed by atoms with Crippen molar-refractivity contribution in [3.05, 3.63) is 35.9 Å². The topological polar surface area (TPSA) is 29.5 Å². The Labute approximate surface area is 89.9 Å². The Balaban J connectivity index is 2.00. The van der Waals surface area contributed by atoms with Crippen LogP contribution >= 0.6 is 0 Å². The molecule has 1 saturated carbocycles. The van der Waals surface area contributed by atoms with Crippen LogP contribution in [-0.2, 0) is 10.2 Å². The average Bonchev–Trinajstić information content (AvgIpc) is 2.99. The van der Waals surface area contributed by atoms with Crippen molar-refractivity contribution in [1.82, 2.24) is 0 Å². The van der Waals surface area contributed by atoms with E-state index < -0.39 is 0 Å². The molecule has 2 aliphatic rings. The molecule has 1 saturated heterocycles. The van der Waals surface area contributed by atoms with Gasteiger partial charge in [0.15, 0.2) is 0 Å². The van der Waals surface area contributed by atoms with E-state index in [1.165, 1.54) is 5.56 Å². The summed E-state index contributed by atoms with van der Waals surface area (Å²) in [5.74, 6) is 0. The maximum absolute atomic E-state index is 9.56. The number of hydrogen-bond donors (Lipinski definition) is 1. The third-order valence-electron chi connectivity index (χ3n) is 4.19. The van der Waals surface area contributed by atoms with E-state index in [0.717, 1.165) is 26.1 Å². The largest absolute Gasteiger partial charge is 0.396 e. The molecule has 80 valence electrons. The lowest BCUT2D eigenvalue weighted by Crippen LogP contribution is -2.54. The van der Waals surface area contributed by atoms with Crippen LogP contribution < -0.4 is 0 Å². The zero-order chi connectivity index (χ0) is 10.4. The molecule has 1 heterocycles. The molecule has 2 heteroatoms. The molecule has 1 aromatic rings. The van der Waals surface area contributed by atoms with Gasteiger partial charge in [0, 0.05) is 17.4 Å². The number of rotatable bonds is 3. The van der Waals surface area contributed by atoms with Crippen molar-refractivity contribution in [3.8, 4) is 0 Å². The molecule has 1 aliphatic carbocycles. The highest BCUT2D eigenvalue weighted by Crippen LogP contribution is 2.62. The molecule has 0 spiro atoms. The van der Waals surface area contributed by atoms with Crippen LogP contribution in [0.15, 0.2) is 30.3 Å². The number of benzene rings is 1. The first-order chi connectivity index (χ1) is 7.33. The highest BCUT2D eigenvalue weighted by atomic mass is 16.5. The van der Waals surface area contributed by atoms with Crippen molar-refractivity contribution in [1.29, 1.82) is 0 Å². The Bertz CT molecular complexity index is 350. The van der Waals surface area contributed by atoms with E-state index >= 15 is 0 Å². The molecular weight excluding hydrogens is 188 g/mol. The summed E-state index contributed by atoms with van der Waals surface area (Å²) in [6.45, 7) is 1.85. The van der Waals surface area contributed by atoms with E-state index in [9.17, 15) is 5.11 Å². The average molecular weight is 204 g/mol. The minimum Gasteiger partial charge on any atom is -0.396 e. The van der Waals surface area contributed by atoms with Gasteiger partial charge in [0.1, 0.15) is 0 Å². The summed E-state index contributed by atoms with van der Waals surface area (Å²) in [6.07, 6.45) is 2.28. The van der Waals surface area contributed by atoms with Crippen LogP contribution in [-0.4, -0.2) is 24.9 Å². The van der Waals surface area contributed by atoms with E-state index in [4.69, 9.17) is 4.74 Å². The predicted molar refractivity (Wildman–Crippen MR) is 57.7 cm³/mol. The summed E-state index contributed by atoms with van der Waals surface area (Å²) in [4.78, 5) is 0. The van der Waals surface area contributed by atoms with Crippen LogP contribution in [0.3, 0.4) is 0 Å². The standard InChI is InChI=1S/C13H16O2/c14-8-12(6-7-12)13(9-15-10-13)11-4-2-1-3-5-11/h1-5,14H,6-10H2. The number of ether oxygens (including phenoxy) is 1. The van der Waals surface area contributed by atoms with Crippen molar-refractivity contribution < 1.29 is 9.84 Å². The molecule has 0 atom stereocenters. The smallest absolute Gasteiger partial charge is 0.0591 e. The first-order valence-electron chi connectivity index (χ1n) is 5.57. The third-order valence-corrected chi connectivity index (χ3v) is 4.19. The fourth-order valence-electron chi connectivity index (χ4n) is 2.78. The Morgan fingerprint density at radius 3 is 2.20 bits per heavy atom. The van der Waals surface area contributed by atoms with Crippen LogP contribution in [0, 0.1) is 5.41 Å². The van der Waals surface area contributed by atoms with Crippen LogP contribution in [0.2, 0.25) is 0 Å². The SMILES string of the molecule is OCC1(C2(c3ccccc3)COC2)CC1. The van der Waals surface area contributed by atoms with E-state index in [-0.39, 0.29) is 10.8 Å². The summed E-state index contributed by atoms with van der Waals surface area (Å²) >= 11 is 0. The minimum absolute atomic E-state index is 0.100. The molecule has 1 aliphatic heterocycles. The molecule has 0 aromatic heterocycles. The second-order valence-electron chi connectivity index (χ2n) is 4.88. The Morgan fingerprint density at radius 2 is 1.80 bits per heavy atom. The van der Waals surface area contributed by atoms with Crippen molar-refractivity contribution >= 4 is 0 Å². The van der Waals surface area contributed by atoms with E-state index in [1.54, 1.807) is 0 Å². The maximum atomic E-state index is 9.56. The Morgan fingerprint density at radius 1 is 1.13 bits per heavy atom. The predicted octanol–water partition coefficient (Wildman–Crippen LogP) is 1.73. The third kappa shape index (κ3) is 1.12. The van der Waals surface area contributed by atoms with Gasteiger partial charge in [-0.15, -0.1) is 0 Å². The molecular formula is C13H16O2. The Kier molecular flexibility index (Phi) is 1.91. The van der Waals surface area contributed by atoms with Crippen molar-refractivity contribution in [2.45, 2.75) is 18.3 Å². The van der Waals surface area contributed by atoms with Gasteiger partial charge in [-0.1, -0.05) is 30.3 Å². The molecule has 2 nitrogen and oxygen atoms in total. The number of hydrogen-bond acceptors (Lipinski definition) is 2. The lowest BCUT2D eigenvalue weighted by Gasteiger charge is -2.48. The summed E-state index contributed by atoms with van der Waals surface area (Å²) in [6, 6.07) is 10.5. The molecule has 0 radical (unpaired) electrons. The zero-order valence-corrected chi connectivity index (χ0v) is 8.78. The molecule has 3 rings (SSSR count). The van der Waals surface area contributed by atoms with Gasteiger partial charge in [-0.25, -0.2) is 0 Å². The normalized spacial score (nSPS) is 25.7. The molecule has 15 heavy (non-hydrogen) atoms. The van der Waals surface area contributed by atoms with Gasteiger partial charge >= 0.3 is 0 Å². The molecule has 0 bridgehead atoms. The van der Waals surface area contributed by atoms with Gasteiger partial charge in [0.25, 0.3) is 0 Å². The van der Waals surface area contributed by atoms with Gasteiger partial charge in [-0.2, -0.15) is 0 Å². The summed E-state index contributed by atoms with van der Waals surface area (Å²) < 4.78 is 5.41. The first-order valence-corrected chi connectivity index (χ1v) is 5.57. The molecule has 0 amide bonds. The van der Waals surface area contributed by atoms with Gasteiger partial charge in [0.2, 0.25) is 0 Å². The fraction of sp³-hybridized carbons (Fsp3) is 0.538. The van der Waals surface area contributed by atoms with E-state index in [2.05, 4.69) is 24.3 Å². The van der Waals surface area contributed by atoms with Gasteiger partial charge in [0.05, 0.1) is 13.2 Å². The van der Waals surface area contributed by atoms with Crippen LogP contribution in [0.4, 0.5) is 0 Å². The van der Waals surface area contributed by atoms with Crippen molar-refractivity contribution in [3.63, 3.8) is 0 Å². The molecule has 2 fully saturated rings. The molecule has 0 unspecified atom stereocenters. The van der Waals surface area contributed by atoms with Gasteiger partial charge in [-0.3, -0.25) is 0 Å². The van der Waals surface area contributed by atoms with Crippen LogP contribution in [0.5, 0.6) is 0 Å². The number of aliphatic hydroxyl groups is 1. The monoisotopic (exact) mass is 204 g/mol. The second-order valence-corrected chi connectivity index (χ2v) is 4.88. The van der Waals surface area contributed by atoms with Crippen molar-refractivity contribution in [2.24, 2.45) is 5.41 Å².